The van der Waals surface area contributed by atoms with Crippen LogP contribution < -0.4 is 5.69 Å². The summed E-state index contributed by atoms with van der Waals surface area (Å²) < 4.78 is 1.66. The number of nitrogens with one attached hydrogen (secondary N) is 1. The van der Waals surface area contributed by atoms with Crippen LogP contribution in [0.3, 0.4) is 0 Å². The van der Waals surface area contributed by atoms with Gasteiger partial charge in [-0.25, -0.2) is 4.79 Å². The molecule has 0 fully saturated rings. The van der Waals surface area contributed by atoms with Crippen molar-refractivity contribution in [2.24, 2.45) is 0 Å². The molecule has 3 heteroatoms. The number of aromatic nitrogens is 2. The van der Waals surface area contributed by atoms with E-state index in [1.807, 2.05) is 13.8 Å². The Bertz CT molecular complexity index is 306. The first kappa shape index (κ1) is 7.85. The van der Waals surface area contributed by atoms with Crippen LogP contribution >= 0.6 is 0 Å². The van der Waals surface area contributed by atoms with Gasteiger partial charge in [0.15, 0.2) is 0 Å². The number of hydrogen-bond donors (Lipinski definition) is 1. The highest BCUT2D eigenvalue weighted by molar-refractivity contribution is 5.40. The summed E-state index contributed by atoms with van der Waals surface area (Å²) in [5.74, 6) is 0. The van der Waals surface area contributed by atoms with Gasteiger partial charge >= 0.3 is 5.69 Å². The molecule has 1 rings (SSSR count). The Hall–Kier alpha value is -1.25. The third kappa shape index (κ3) is 1.27. The molecule has 1 aromatic rings. The average molecular weight is 152 g/mol. The Balaban J connectivity index is 3.29. The second-order valence-corrected chi connectivity index (χ2v) is 2.69. The minimum Gasteiger partial charge on any atom is -0.312 e. The van der Waals surface area contributed by atoms with Crippen molar-refractivity contribution < 1.29 is 0 Å². The topological polar surface area (TPSA) is 37.8 Å². The molecule has 3 nitrogen and oxygen atoms in total. The first-order chi connectivity index (χ1) is 5.16. The van der Waals surface area contributed by atoms with Crippen LogP contribution in [0.4, 0.5) is 0 Å². The van der Waals surface area contributed by atoms with Gasteiger partial charge in [-0.3, -0.25) is 4.57 Å². The van der Waals surface area contributed by atoms with E-state index < -0.39 is 0 Å². The predicted molar refractivity (Wildman–Crippen MR) is 45.5 cm³/mol. The van der Waals surface area contributed by atoms with Gasteiger partial charge in [0.25, 0.3) is 0 Å². The fourth-order valence-corrected chi connectivity index (χ4v) is 1.08. The highest BCUT2D eigenvalue weighted by atomic mass is 16.1. The lowest BCUT2D eigenvalue weighted by atomic mass is 10.3. The molecule has 0 bridgehead atoms. The molecule has 0 radical (unpaired) electrons. The first-order valence-electron chi connectivity index (χ1n) is 3.59. The van der Waals surface area contributed by atoms with E-state index in [4.69, 9.17) is 0 Å². The highest BCUT2D eigenvalue weighted by Gasteiger charge is 2.04. The Morgan fingerprint density at radius 2 is 2.36 bits per heavy atom. The molecule has 0 aromatic carbocycles. The molecule has 11 heavy (non-hydrogen) atoms. The summed E-state index contributed by atoms with van der Waals surface area (Å²) in [7, 11) is 0. The fraction of sp³-hybridized carbons (Fsp3) is 0.375. The number of rotatable bonds is 2. The van der Waals surface area contributed by atoms with E-state index in [1.54, 1.807) is 16.8 Å². The minimum atomic E-state index is -0.0742. The molecule has 1 heterocycles. The summed E-state index contributed by atoms with van der Waals surface area (Å²) >= 11 is 0. The lowest BCUT2D eigenvalue weighted by Gasteiger charge is -2.06. The van der Waals surface area contributed by atoms with Gasteiger partial charge in [-0.1, -0.05) is 6.58 Å². The lowest BCUT2D eigenvalue weighted by molar-refractivity contribution is 0.576. The summed E-state index contributed by atoms with van der Waals surface area (Å²) in [6.07, 6.45) is 3.33. The molecule has 0 unspecified atom stereocenters. The zero-order valence-electron chi connectivity index (χ0n) is 6.79. The van der Waals surface area contributed by atoms with Gasteiger partial charge < -0.3 is 4.98 Å². The number of hydrogen-bond acceptors (Lipinski definition) is 1. The number of imidazole rings is 1. The van der Waals surface area contributed by atoms with Gasteiger partial charge in [0, 0.05) is 12.2 Å². The van der Waals surface area contributed by atoms with Crippen molar-refractivity contribution in [2.45, 2.75) is 19.9 Å². The van der Waals surface area contributed by atoms with Crippen LogP contribution in [0.5, 0.6) is 0 Å². The minimum absolute atomic E-state index is 0.0742. The van der Waals surface area contributed by atoms with Crippen molar-refractivity contribution in [2.75, 3.05) is 0 Å². The highest BCUT2D eigenvalue weighted by Crippen LogP contribution is 2.05. The molecular formula is C8H12N2O. The van der Waals surface area contributed by atoms with Crippen LogP contribution in [0.2, 0.25) is 0 Å². The van der Waals surface area contributed by atoms with Gasteiger partial charge in [0.2, 0.25) is 0 Å². The molecule has 1 aromatic heterocycles. The molecule has 0 atom stereocenters. The largest absolute Gasteiger partial charge is 0.326 e. The Labute approximate surface area is 65.4 Å². The first-order valence-corrected chi connectivity index (χ1v) is 3.59. The Morgan fingerprint density at radius 3 is 2.73 bits per heavy atom. The zero-order valence-corrected chi connectivity index (χ0v) is 6.79. The molecular weight excluding hydrogens is 140 g/mol. The number of nitrogens with zero attached hydrogens (tertiary/aromatic N) is 1. The Kier molecular flexibility index (Phi) is 1.98. The van der Waals surface area contributed by atoms with Crippen LogP contribution in [-0.2, 0) is 0 Å². The molecule has 0 spiro atoms. The predicted octanol–water partition coefficient (Wildman–Crippen LogP) is 1.40. The maximum Gasteiger partial charge on any atom is 0.326 e. The van der Waals surface area contributed by atoms with E-state index in [9.17, 15) is 4.79 Å². The van der Waals surface area contributed by atoms with Crippen molar-refractivity contribution in [3.8, 4) is 0 Å². The maximum absolute atomic E-state index is 11.1. The van der Waals surface area contributed by atoms with Crippen molar-refractivity contribution >= 4 is 6.08 Å². The van der Waals surface area contributed by atoms with Gasteiger partial charge in [0.1, 0.15) is 0 Å². The molecule has 0 saturated heterocycles. The van der Waals surface area contributed by atoms with Crippen LogP contribution in [-0.4, -0.2) is 9.55 Å². The van der Waals surface area contributed by atoms with Crippen LogP contribution in [0.25, 0.3) is 6.08 Å². The molecule has 0 aliphatic rings. The SMILES string of the molecule is C=Cc1c[nH]c(=O)n1C(C)C. The van der Waals surface area contributed by atoms with Gasteiger partial charge in [-0.2, -0.15) is 0 Å². The van der Waals surface area contributed by atoms with Crippen molar-refractivity contribution in [3.05, 3.63) is 29.0 Å². The molecule has 0 aliphatic carbocycles. The average Bonchev–Trinajstić information content (AvgIpc) is 2.30. The number of H-pyrrole nitrogens is 1. The van der Waals surface area contributed by atoms with Gasteiger partial charge in [-0.05, 0) is 19.9 Å². The molecule has 60 valence electrons. The standard InChI is InChI=1S/C8H12N2O/c1-4-7-5-9-8(11)10(7)6(2)3/h4-6H,1H2,2-3H3,(H,9,11). The fourth-order valence-electron chi connectivity index (χ4n) is 1.08. The summed E-state index contributed by atoms with van der Waals surface area (Å²) in [6, 6.07) is 0.182. The summed E-state index contributed by atoms with van der Waals surface area (Å²) in [5, 5.41) is 0. The normalized spacial score (nSPS) is 10.5. The lowest BCUT2D eigenvalue weighted by Crippen LogP contribution is -2.19. The van der Waals surface area contributed by atoms with E-state index in [2.05, 4.69) is 11.6 Å². The second kappa shape index (κ2) is 2.78. The third-order valence-corrected chi connectivity index (χ3v) is 1.57. The van der Waals surface area contributed by atoms with Crippen LogP contribution in [0.1, 0.15) is 25.6 Å². The molecule has 1 N–H and O–H groups in total. The quantitative estimate of drug-likeness (QED) is 0.683. The summed E-state index contributed by atoms with van der Waals surface area (Å²) in [6.45, 7) is 7.53. The van der Waals surface area contributed by atoms with Crippen molar-refractivity contribution in [1.82, 2.24) is 9.55 Å². The monoisotopic (exact) mass is 152 g/mol. The second-order valence-electron chi connectivity index (χ2n) is 2.69. The zero-order chi connectivity index (χ0) is 8.43. The molecule has 0 saturated carbocycles. The van der Waals surface area contributed by atoms with E-state index in [0.29, 0.717) is 0 Å². The summed E-state index contributed by atoms with van der Waals surface area (Å²) in [5.41, 5.74) is 0.764. The van der Waals surface area contributed by atoms with Crippen LogP contribution in [0, 0.1) is 0 Å². The van der Waals surface area contributed by atoms with Gasteiger partial charge in [-0.15, -0.1) is 0 Å². The van der Waals surface area contributed by atoms with Crippen molar-refractivity contribution in [3.63, 3.8) is 0 Å². The number of aromatic amines is 1. The van der Waals surface area contributed by atoms with E-state index in [-0.39, 0.29) is 11.7 Å². The smallest absolute Gasteiger partial charge is 0.312 e. The third-order valence-electron chi connectivity index (χ3n) is 1.57. The van der Waals surface area contributed by atoms with E-state index >= 15 is 0 Å². The Morgan fingerprint density at radius 1 is 1.73 bits per heavy atom. The van der Waals surface area contributed by atoms with Crippen LogP contribution in [0.15, 0.2) is 17.6 Å². The maximum atomic E-state index is 11.1. The van der Waals surface area contributed by atoms with E-state index in [1.165, 1.54) is 0 Å². The van der Waals surface area contributed by atoms with Gasteiger partial charge in [0.05, 0.1) is 5.69 Å². The van der Waals surface area contributed by atoms with Crippen molar-refractivity contribution in [1.29, 1.82) is 0 Å². The molecule has 0 aliphatic heterocycles. The summed E-state index contributed by atoms with van der Waals surface area (Å²) in [4.78, 5) is 13.7. The van der Waals surface area contributed by atoms with E-state index in [0.717, 1.165) is 5.69 Å². The molecule has 0 amide bonds.